The number of unbranched alkanes of at least 4 members (excludes halogenated alkanes) is 1. The molecule has 0 atom stereocenters. The van der Waals surface area contributed by atoms with E-state index in [1.165, 1.54) is 10.6 Å². The lowest BCUT2D eigenvalue weighted by molar-refractivity contribution is 0.0953. The lowest BCUT2D eigenvalue weighted by Crippen LogP contribution is -2.33. The summed E-state index contributed by atoms with van der Waals surface area (Å²) in [7, 11) is -3.18. The van der Waals surface area contributed by atoms with Crippen molar-refractivity contribution < 1.29 is 13.2 Å². The number of hydrogen-bond donors (Lipinski definition) is 2. The van der Waals surface area contributed by atoms with Gasteiger partial charge in [0.25, 0.3) is 5.91 Å². The molecule has 3 heterocycles. The number of nitrogens with one attached hydrogen (secondary N) is 2. The zero-order valence-electron chi connectivity index (χ0n) is 18.4. The minimum absolute atomic E-state index is 0.0665. The Labute approximate surface area is 188 Å². The predicted octanol–water partition coefficient (Wildman–Crippen LogP) is 3.81. The summed E-state index contributed by atoms with van der Waals surface area (Å²) in [5.41, 5.74) is 5.37. The lowest BCUT2D eigenvalue weighted by Gasteiger charge is -2.23. The highest BCUT2D eigenvalue weighted by Crippen LogP contribution is 2.32. The standard InChI is InChI=1S/C24H28N4O3S/c1-3-4-11-26-24(29)19-7-5-6-18(15-19)20-8-12-25-23-21(20)16-22(27-23)17-9-13-28(14-10-17)32(2,30)31/h5-9,12,15-16H,3-4,10-11,13-14H2,1-2H3,(H,25,27)(H,26,29). The van der Waals surface area contributed by atoms with Crippen molar-refractivity contribution in [3.8, 4) is 11.1 Å². The highest BCUT2D eigenvalue weighted by Gasteiger charge is 2.21. The third kappa shape index (κ3) is 4.76. The first-order chi connectivity index (χ1) is 15.4. The van der Waals surface area contributed by atoms with Crippen molar-refractivity contribution in [3.05, 3.63) is 59.9 Å². The number of fused-ring (bicyclic) bond motifs is 1. The van der Waals surface area contributed by atoms with Crippen molar-refractivity contribution in [2.24, 2.45) is 0 Å². The van der Waals surface area contributed by atoms with E-state index in [0.29, 0.717) is 31.6 Å². The number of benzene rings is 1. The van der Waals surface area contributed by atoms with Gasteiger partial charge in [-0.15, -0.1) is 0 Å². The lowest BCUT2D eigenvalue weighted by atomic mass is 10.00. The largest absolute Gasteiger partial charge is 0.352 e. The molecule has 4 rings (SSSR count). The number of hydrogen-bond acceptors (Lipinski definition) is 4. The van der Waals surface area contributed by atoms with Crippen LogP contribution in [-0.2, 0) is 10.0 Å². The molecular weight excluding hydrogens is 424 g/mol. The number of amides is 1. The van der Waals surface area contributed by atoms with E-state index in [-0.39, 0.29) is 5.91 Å². The Morgan fingerprint density at radius 1 is 1.25 bits per heavy atom. The van der Waals surface area contributed by atoms with Crippen LogP contribution < -0.4 is 5.32 Å². The van der Waals surface area contributed by atoms with Gasteiger partial charge < -0.3 is 10.3 Å². The molecule has 1 amide bonds. The van der Waals surface area contributed by atoms with Crippen molar-refractivity contribution in [2.45, 2.75) is 26.2 Å². The summed E-state index contributed by atoms with van der Waals surface area (Å²) in [5, 5.41) is 3.94. The highest BCUT2D eigenvalue weighted by molar-refractivity contribution is 7.88. The molecule has 0 spiro atoms. The van der Waals surface area contributed by atoms with Gasteiger partial charge in [0.2, 0.25) is 10.0 Å². The fourth-order valence-electron chi connectivity index (χ4n) is 3.96. The molecule has 1 aromatic carbocycles. The van der Waals surface area contributed by atoms with Gasteiger partial charge in [-0.05, 0) is 53.8 Å². The Balaban J connectivity index is 1.63. The van der Waals surface area contributed by atoms with Gasteiger partial charge in [0.1, 0.15) is 5.65 Å². The molecule has 2 aromatic heterocycles. The number of H-pyrrole nitrogens is 1. The summed E-state index contributed by atoms with van der Waals surface area (Å²) in [4.78, 5) is 20.3. The molecular formula is C24H28N4O3S. The van der Waals surface area contributed by atoms with Crippen molar-refractivity contribution >= 4 is 32.5 Å². The molecule has 0 radical (unpaired) electrons. The number of carbonyl (C=O) groups excluding carboxylic acids is 1. The van der Waals surface area contributed by atoms with Crippen LogP contribution in [0.15, 0.2) is 48.7 Å². The number of sulfonamides is 1. The molecule has 32 heavy (non-hydrogen) atoms. The maximum Gasteiger partial charge on any atom is 0.251 e. The Hall–Kier alpha value is -2.97. The summed E-state index contributed by atoms with van der Waals surface area (Å²) in [6.07, 6.45) is 7.59. The van der Waals surface area contributed by atoms with Crippen LogP contribution >= 0.6 is 0 Å². The Kier molecular flexibility index (Phi) is 6.43. The van der Waals surface area contributed by atoms with Gasteiger partial charge in [-0.3, -0.25) is 4.79 Å². The molecule has 7 nitrogen and oxygen atoms in total. The van der Waals surface area contributed by atoms with Crippen LogP contribution in [0.2, 0.25) is 0 Å². The van der Waals surface area contributed by atoms with Crippen molar-refractivity contribution in [1.82, 2.24) is 19.6 Å². The van der Waals surface area contributed by atoms with Gasteiger partial charge in [-0.1, -0.05) is 31.6 Å². The van der Waals surface area contributed by atoms with Gasteiger partial charge in [-0.25, -0.2) is 13.4 Å². The van der Waals surface area contributed by atoms with Crippen molar-refractivity contribution in [3.63, 3.8) is 0 Å². The molecule has 1 aliphatic heterocycles. The zero-order chi connectivity index (χ0) is 22.7. The van der Waals surface area contributed by atoms with Crippen LogP contribution in [-0.4, -0.2) is 54.5 Å². The SMILES string of the molecule is CCCCNC(=O)c1cccc(-c2ccnc3[nH]c(C4=CCN(S(C)(=O)=O)CC4)cc23)c1. The zero-order valence-corrected chi connectivity index (χ0v) is 19.2. The smallest absolute Gasteiger partial charge is 0.251 e. The molecule has 0 bridgehead atoms. The quantitative estimate of drug-likeness (QED) is 0.533. The van der Waals surface area contributed by atoms with Gasteiger partial charge in [0.15, 0.2) is 0 Å². The maximum atomic E-state index is 12.5. The topological polar surface area (TPSA) is 95.2 Å². The second kappa shape index (κ2) is 9.26. The molecule has 0 aliphatic carbocycles. The number of rotatable bonds is 7. The second-order valence-corrected chi connectivity index (χ2v) is 10.1. The monoisotopic (exact) mass is 452 g/mol. The van der Waals surface area contributed by atoms with Gasteiger partial charge in [0, 0.05) is 42.5 Å². The predicted molar refractivity (Wildman–Crippen MR) is 128 cm³/mol. The van der Waals surface area contributed by atoms with Crippen LogP contribution in [0.4, 0.5) is 0 Å². The Morgan fingerprint density at radius 2 is 2.09 bits per heavy atom. The Bertz CT molecular complexity index is 1280. The van der Waals surface area contributed by atoms with E-state index < -0.39 is 10.0 Å². The summed E-state index contributed by atoms with van der Waals surface area (Å²) >= 11 is 0. The first kappa shape index (κ1) is 22.2. The molecule has 0 unspecified atom stereocenters. The van der Waals surface area contributed by atoms with Crippen LogP contribution in [0.1, 0.15) is 42.2 Å². The average molecular weight is 453 g/mol. The third-order valence-corrected chi connectivity index (χ3v) is 7.04. The number of pyridine rings is 1. The molecule has 2 N–H and O–H groups in total. The average Bonchev–Trinajstić information content (AvgIpc) is 3.23. The summed E-state index contributed by atoms with van der Waals surface area (Å²) < 4.78 is 25.0. The molecule has 3 aromatic rings. The van der Waals surface area contributed by atoms with Crippen LogP contribution in [0, 0.1) is 0 Å². The van der Waals surface area contributed by atoms with E-state index in [9.17, 15) is 13.2 Å². The van der Waals surface area contributed by atoms with Gasteiger partial charge in [0.05, 0.1) is 6.26 Å². The molecule has 0 fully saturated rings. The van der Waals surface area contributed by atoms with Crippen LogP contribution in [0.25, 0.3) is 27.7 Å². The first-order valence-corrected chi connectivity index (χ1v) is 12.7. The van der Waals surface area contributed by atoms with E-state index in [1.54, 1.807) is 6.20 Å². The number of aromatic amines is 1. The third-order valence-electron chi connectivity index (χ3n) is 5.77. The number of aromatic nitrogens is 2. The minimum Gasteiger partial charge on any atom is -0.352 e. The van der Waals surface area contributed by atoms with E-state index in [0.717, 1.165) is 46.3 Å². The van der Waals surface area contributed by atoms with Crippen LogP contribution in [0.5, 0.6) is 0 Å². The summed E-state index contributed by atoms with van der Waals surface area (Å²) in [6.45, 7) is 3.61. The molecule has 8 heteroatoms. The highest BCUT2D eigenvalue weighted by atomic mass is 32.2. The van der Waals surface area contributed by atoms with Gasteiger partial charge in [-0.2, -0.15) is 4.31 Å². The summed E-state index contributed by atoms with van der Waals surface area (Å²) in [6, 6.07) is 11.6. The fraction of sp³-hybridized carbons (Fsp3) is 0.333. The molecule has 168 valence electrons. The Morgan fingerprint density at radius 3 is 2.81 bits per heavy atom. The first-order valence-electron chi connectivity index (χ1n) is 10.9. The van der Waals surface area contributed by atoms with E-state index >= 15 is 0 Å². The van der Waals surface area contributed by atoms with E-state index in [2.05, 4.69) is 28.3 Å². The van der Waals surface area contributed by atoms with E-state index in [1.807, 2.05) is 36.4 Å². The molecule has 1 aliphatic rings. The van der Waals surface area contributed by atoms with Crippen molar-refractivity contribution in [1.29, 1.82) is 0 Å². The second-order valence-electron chi connectivity index (χ2n) is 8.09. The van der Waals surface area contributed by atoms with Crippen molar-refractivity contribution in [2.75, 3.05) is 25.9 Å². The normalized spacial score (nSPS) is 15.0. The van der Waals surface area contributed by atoms with Crippen LogP contribution in [0.3, 0.4) is 0 Å². The number of carbonyl (C=O) groups is 1. The fourth-order valence-corrected chi connectivity index (χ4v) is 4.72. The number of nitrogens with zero attached hydrogens (tertiary/aromatic N) is 2. The maximum absolute atomic E-state index is 12.5. The molecule has 0 saturated carbocycles. The van der Waals surface area contributed by atoms with Gasteiger partial charge >= 0.3 is 0 Å². The minimum atomic E-state index is -3.18. The molecule has 0 saturated heterocycles. The van der Waals surface area contributed by atoms with E-state index in [4.69, 9.17) is 0 Å². The summed E-state index contributed by atoms with van der Waals surface area (Å²) in [5.74, 6) is -0.0665.